The summed E-state index contributed by atoms with van der Waals surface area (Å²) in [6.45, 7) is 2.98. The van der Waals surface area contributed by atoms with E-state index in [9.17, 15) is 22.8 Å². The fourth-order valence-electron chi connectivity index (χ4n) is 5.70. The fraction of sp³-hybridized carbons (Fsp3) is 0.333. The number of hydrogen-bond acceptors (Lipinski definition) is 4. The van der Waals surface area contributed by atoms with Crippen molar-refractivity contribution in [2.24, 2.45) is 0 Å². The summed E-state index contributed by atoms with van der Waals surface area (Å²) in [7, 11) is 1.80. The molecule has 2 unspecified atom stereocenters. The number of hydrogen-bond donors (Lipinski definition) is 1. The molecule has 2 aliphatic heterocycles. The maximum Gasteiger partial charge on any atom is 0.251 e. The van der Waals surface area contributed by atoms with E-state index in [2.05, 4.69) is 5.32 Å². The number of carbonyl (C=O) groups excluding carboxylic acids is 2. The maximum absolute atomic E-state index is 14.0. The van der Waals surface area contributed by atoms with Gasteiger partial charge in [0.2, 0.25) is 11.7 Å². The van der Waals surface area contributed by atoms with Gasteiger partial charge in [0.25, 0.3) is 5.91 Å². The van der Waals surface area contributed by atoms with Crippen molar-refractivity contribution in [3.8, 4) is 5.75 Å². The van der Waals surface area contributed by atoms with Gasteiger partial charge in [0, 0.05) is 51.6 Å². The molecule has 220 valence electrons. The lowest BCUT2D eigenvalue weighted by Crippen LogP contribution is -2.61. The second kappa shape index (κ2) is 12.8. The third kappa shape index (κ3) is 6.51. The molecule has 9 heteroatoms. The predicted molar refractivity (Wildman–Crippen MR) is 154 cm³/mol. The topological polar surface area (TPSA) is 61.9 Å². The Labute approximate surface area is 243 Å². The molecule has 3 aromatic rings. The molecule has 0 spiro atoms. The van der Waals surface area contributed by atoms with Crippen molar-refractivity contribution in [3.05, 3.63) is 106 Å². The minimum absolute atomic E-state index is 0.000239. The van der Waals surface area contributed by atoms with E-state index in [1.165, 1.54) is 0 Å². The van der Waals surface area contributed by atoms with Gasteiger partial charge in [0.1, 0.15) is 0 Å². The van der Waals surface area contributed by atoms with Crippen LogP contribution in [0.4, 0.5) is 13.2 Å². The SMILES string of the molecule is CC(=O)N1CC2CC(c3cccc(CCOc4c(F)ccc(F)c4F)c3)=C(C(=O)N(C)CCc3ccccc3)C(C1)N2. The molecule has 2 aliphatic rings. The third-order valence-corrected chi connectivity index (χ3v) is 7.92. The first-order chi connectivity index (χ1) is 20.2. The molecule has 6 nitrogen and oxygen atoms in total. The number of rotatable bonds is 9. The van der Waals surface area contributed by atoms with E-state index in [0.29, 0.717) is 44.5 Å². The summed E-state index contributed by atoms with van der Waals surface area (Å²) in [5.41, 5.74) is 4.43. The third-order valence-electron chi connectivity index (χ3n) is 7.92. The number of nitrogens with one attached hydrogen (secondary N) is 1. The van der Waals surface area contributed by atoms with Crippen LogP contribution in [0.1, 0.15) is 30.0 Å². The zero-order chi connectivity index (χ0) is 29.8. The Morgan fingerprint density at radius 3 is 2.45 bits per heavy atom. The Morgan fingerprint density at radius 2 is 1.69 bits per heavy atom. The monoisotopic (exact) mass is 577 g/mol. The second-order valence-corrected chi connectivity index (χ2v) is 10.9. The van der Waals surface area contributed by atoms with Gasteiger partial charge in [-0.3, -0.25) is 9.59 Å². The molecule has 5 rings (SSSR count). The largest absolute Gasteiger partial charge is 0.487 e. The lowest BCUT2D eigenvalue weighted by Gasteiger charge is -2.44. The van der Waals surface area contributed by atoms with Crippen molar-refractivity contribution in [2.45, 2.75) is 38.3 Å². The van der Waals surface area contributed by atoms with Gasteiger partial charge in [-0.2, -0.15) is 4.39 Å². The zero-order valence-corrected chi connectivity index (χ0v) is 23.7. The number of carbonyl (C=O) groups is 2. The summed E-state index contributed by atoms with van der Waals surface area (Å²) >= 11 is 0. The molecule has 2 amide bonds. The molecule has 2 atom stereocenters. The number of fused-ring (bicyclic) bond motifs is 2. The van der Waals surface area contributed by atoms with Crippen LogP contribution in [0.5, 0.6) is 5.75 Å². The number of piperazine rings is 1. The molecule has 2 bridgehead atoms. The van der Waals surface area contributed by atoms with E-state index in [0.717, 1.165) is 34.4 Å². The van der Waals surface area contributed by atoms with Crippen molar-refractivity contribution in [1.29, 1.82) is 0 Å². The maximum atomic E-state index is 14.0. The highest BCUT2D eigenvalue weighted by atomic mass is 19.2. The lowest BCUT2D eigenvalue weighted by atomic mass is 9.82. The predicted octanol–water partition coefficient (Wildman–Crippen LogP) is 4.77. The second-order valence-electron chi connectivity index (χ2n) is 10.9. The Balaban J connectivity index is 1.39. The quantitative estimate of drug-likeness (QED) is 0.372. The lowest BCUT2D eigenvalue weighted by molar-refractivity contribution is -0.132. The molecule has 1 N–H and O–H groups in total. The van der Waals surface area contributed by atoms with Crippen LogP contribution in [0.25, 0.3) is 5.57 Å². The smallest absolute Gasteiger partial charge is 0.251 e. The van der Waals surface area contributed by atoms with Crippen LogP contribution in [-0.2, 0) is 22.4 Å². The van der Waals surface area contributed by atoms with Crippen molar-refractivity contribution < 1.29 is 27.5 Å². The fourth-order valence-corrected chi connectivity index (χ4v) is 5.70. The number of nitrogens with zero attached hydrogens (tertiary/aromatic N) is 2. The number of halogens is 3. The molecule has 0 saturated carbocycles. The molecule has 0 aliphatic carbocycles. The van der Waals surface area contributed by atoms with Crippen molar-refractivity contribution in [1.82, 2.24) is 15.1 Å². The number of benzene rings is 3. The first-order valence-corrected chi connectivity index (χ1v) is 14.1. The first kappa shape index (κ1) is 29.4. The zero-order valence-electron chi connectivity index (χ0n) is 23.7. The van der Waals surface area contributed by atoms with Crippen LogP contribution in [0, 0.1) is 17.5 Å². The van der Waals surface area contributed by atoms with Crippen LogP contribution in [-0.4, -0.2) is 67.0 Å². The van der Waals surface area contributed by atoms with Crippen LogP contribution in [0.3, 0.4) is 0 Å². The molecule has 0 aromatic heterocycles. The van der Waals surface area contributed by atoms with Crippen LogP contribution >= 0.6 is 0 Å². The van der Waals surface area contributed by atoms with Gasteiger partial charge in [0.05, 0.1) is 12.6 Å². The summed E-state index contributed by atoms with van der Waals surface area (Å²) in [5, 5.41) is 3.56. The summed E-state index contributed by atoms with van der Waals surface area (Å²) in [5.74, 6) is -4.34. The standard InChI is InChI=1S/C33H34F3N3O3/c1-21(40)39-19-25-18-26(30(29(20-39)37-25)33(41)38(2)15-13-22-7-4-3-5-8-22)24-10-6-9-23(17-24)14-16-42-32-28(35)12-11-27(34)31(32)36/h3-12,17,25,29,37H,13-16,18-20H2,1-2H3. The molecule has 42 heavy (non-hydrogen) atoms. The van der Waals surface area contributed by atoms with E-state index in [1.54, 1.807) is 23.8 Å². The number of likely N-dealkylation sites (N-methyl/N-ethyl adjacent to an activating group) is 1. The molecular weight excluding hydrogens is 543 g/mol. The first-order valence-electron chi connectivity index (χ1n) is 14.1. The Kier molecular flexibility index (Phi) is 8.97. The minimum atomic E-state index is -1.35. The summed E-state index contributed by atoms with van der Waals surface area (Å²) in [4.78, 5) is 29.8. The highest BCUT2D eigenvalue weighted by Gasteiger charge is 2.39. The van der Waals surface area contributed by atoms with Gasteiger partial charge in [-0.05, 0) is 47.2 Å². The minimum Gasteiger partial charge on any atom is -0.487 e. The molecule has 2 heterocycles. The van der Waals surface area contributed by atoms with Crippen molar-refractivity contribution >= 4 is 17.4 Å². The van der Waals surface area contributed by atoms with E-state index >= 15 is 0 Å². The average molecular weight is 578 g/mol. The van der Waals surface area contributed by atoms with E-state index < -0.39 is 23.2 Å². The normalized spacial score (nSPS) is 18.2. The summed E-state index contributed by atoms with van der Waals surface area (Å²) in [6.07, 6.45) is 1.60. The highest BCUT2D eigenvalue weighted by molar-refractivity contribution is 6.03. The van der Waals surface area contributed by atoms with Gasteiger partial charge in [-0.1, -0.05) is 54.6 Å². The highest BCUT2D eigenvalue weighted by Crippen LogP contribution is 2.34. The van der Waals surface area contributed by atoms with Crippen molar-refractivity contribution in [2.75, 3.05) is 33.3 Å². The summed E-state index contributed by atoms with van der Waals surface area (Å²) in [6, 6.07) is 18.9. The molecule has 1 fully saturated rings. The average Bonchev–Trinajstić information content (AvgIpc) is 2.99. The van der Waals surface area contributed by atoms with Crippen LogP contribution in [0.15, 0.2) is 72.3 Å². The molecule has 3 aromatic carbocycles. The van der Waals surface area contributed by atoms with Gasteiger partial charge in [0.15, 0.2) is 17.4 Å². The van der Waals surface area contributed by atoms with Gasteiger partial charge in [-0.15, -0.1) is 0 Å². The molecular formula is C33H34F3N3O3. The van der Waals surface area contributed by atoms with Gasteiger partial charge < -0.3 is 19.9 Å². The van der Waals surface area contributed by atoms with Crippen LogP contribution < -0.4 is 10.1 Å². The van der Waals surface area contributed by atoms with E-state index in [-0.39, 0.29) is 30.5 Å². The Hall–Kier alpha value is -4.11. The van der Waals surface area contributed by atoms with Crippen LogP contribution in [0.2, 0.25) is 0 Å². The Bertz CT molecular complexity index is 1490. The van der Waals surface area contributed by atoms with Gasteiger partial charge >= 0.3 is 0 Å². The summed E-state index contributed by atoms with van der Waals surface area (Å²) < 4.78 is 46.8. The molecule has 1 saturated heterocycles. The Morgan fingerprint density at radius 1 is 0.952 bits per heavy atom. The van der Waals surface area contributed by atoms with E-state index in [1.807, 2.05) is 54.6 Å². The van der Waals surface area contributed by atoms with Gasteiger partial charge in [-0.25, -0.2) is 8.78 Å². The van der Waals surface area contributed by atoms with Crippen molar-refractivity contribution in [3.63, 3.8) is 0 Å². The number of amides is 2. The molecule has 0 radical (unpaired) electrons. The van der Waals surface area contributed by atoms with E-state index in [4.69, 9.17) is 4.74 Å². The number of ether oxygens (including phenoxy) is 1.